The van der Waals surface area contributed by atoms with Crippen molar-refractivity contribution in [3.05, 3.63) is 36.3 Å². The number of pyridine rings is 1. The van der Waals surface area contributed by atoms with E-state index in [0.717, 1.165) is 5.56 Å². The number of carbonyl (C=O) groups excluding carboxylic acids is 2. The van der Waals surface area contributed by atoms with Crippen molar-refractivity contribution in [1.82, 2.24) is 19.7 Å². The molecule has 9 heteroatoms. The number of carbonyl (C=O) groups is 2. The number of aromatic nitrogens is 3. The Hall–Kier alpha value is -2.94. The summed E-state index contributed by atoms with van der Waals surface area (Å²) < 4.78 is 12.1. The molecule has 2 amide bonds. The minimum atomic E-state index is -0.294. The number of aryl methyl sites for hydroxylation is 1. The second-order valence-electron chi connectivity index (χ2n) is 5.92. The van der Waals surface area contributed by atoms with Crippen LogP contribution in [0, 0.1) is 0 Å². The molecule has 26 heavy (non-hydrogen) atoms. The maximum Gasteiger partial charge on any atom is 0.266 e. The van der Waals surface area contributed by atoms with Gasteiger partial charge >= 0.3 is 0 Å². The largest absolute Gasteiger partial charge is 0.480 e. The van der Waals surface area contributed by atoms with Crippen molar-refractivity contribution >= 4 is 17.6 Å². The molecule has 0 N–H and O–H groups in total. The highest BCUT2D eigenvalue weighted by Gasteiger charge is 2.30. The van der Waals surface area contributed by atoms with Gasteiger partial charge < -0.3 is 14.4 Å². The van der Waals surface area contributed by atoms with Crippen LogP contribution in [0.5, 0.6) is 5.75 Å². The lowest BCUT2D eigenvalue weighted by atomic mass is 10.3. The summed E-state index contributed by atoms with van der Waals surface area (Å²) in [7, 11) is 3.40. The third-order valence-corrected chi connectivity index (χ3v) is 4.00. The number of amides is 2. The predicted octanol–water partition coefficient (Wildman–Crippen LogP) is 0.216. The zero-order chi connectivity index (χ0) is 18.5. The first kappa shape index (κ1) is 17.9. The molecule has 0 radical (unpaired) electrons. The second-order valence-corrected chi connectivity index (χ2v) is 5.92. The summed E-state index contributed by atoms with van der Waals surface area (Å²) >= 11 is 0. The number of nitrogens with zero attached hydrogens (tertiary/aromatic N) is 5. The molecule has 9 nitrogen and oxygen atoms in total. The predicted molar refractivity (Wildman–Crippen MR) is 92.6 cm³/mol. The average Bonchev–Trinajstić information content (AvgIpc) is 3.05. The van der Waals surface area contributed by atoms with Crippen molar-refractivity contribution in [1.29, 1.82) is 0 Å². The highest BCUT2D eigenvalue weighted by Crippen LogP contribution is 2.28. The molecular formula is C17H21N5O4. The maximum atomic E-state index is 12.9. The van der Waals surface area contributed by atoms with Crippen LogP contribution in [0.1, 0.15) is 5.56 Å². The highest BCUT2D eigenvalue weighted by molar-refractivity contribution is 6.01. The second kappa shape index (κ2) is 7.96. The fourth-order valence-electron chi connectivity index (χ4n) is 2.70. The smallest absolute Gasteiger partial charge is 0.266 e. The quantitative estimate of drug-likeness (QED) is 0.702. The van der Waals surface area contributed by atoms with Crippen LogP contribution in [-0.4, -0.2) is 64.9 Å². The Morgan fingerprint density at radius 3 is 3.04 bits per heavy atom. The molecule has 1 aliphatic heterocycles. The zero-order valence-corrected chi connectivity index (χ0v) is 14.8. The van der Waals surface area contributed by atoms with Gasteiger partial charge in [-0.2, -0.15) is 5.10 Å². The number of rotatable bonds is 7. The van der Waals surface area contributed by atoms with Crippen LogP contribution in [0.4, 0.5) is 5.82 Å². The van der Waals surface area contributed by atoms with E-state index in [0.29, 0.717) is 31.3 Å². The molecule has 138 valence electrons. The van der Waals surface area contributed by atoms with Gasteiger partial charge in [0, 0.05) is 45.2 Å². The maximum absolute atomic E-state index is 12.9. The monoisotopic (exact) mass is 359 g/mol. The fraction of sp³-hybridized carbons (Fsp3) is 0.412. The molecule has 2 aromatic heterocycles. The molecule has 0 saturated heterocycles. The van der Waals surface area contributed by atoms with Crippen molar-refractivity contribution in [2.75, 3.05) is 38.3 Å². The zero-order valence-electron chi connectivity index (χ0n) is 14.8. The van der Waals surface area contributed by atoms with Gasteiger partial charge in [-0.3, -0.25) is 19.2 Å². The first-order valence-corrected chi connectivity index (χ1v) is 8.21. The molecule has 0 atom stereocenters. The van der Waals surface area contributed by atoms with Gasteiger partial charge in [-0.05, 0) is 12.1 Å². The first-order valence-electron chi connectivity index (χ1n) is 8.21. The Kier molecular flexibility index (Phi) is 5.47. The van der Waals surface area contributed by atoms with Crippen LogP contribution >= 0.6 is 0 Å². The van der Waals surface area contributed by atoms with E-state index in [2.05, 4.69) is 10.1 Å². The number of hydrogen-bond acceptors (Lipinski definition) is 6. The molecule has 0 fully saturated rings. The van der Waals surface area contributed by atoms with Gasteiger partial charge in [0.25, 0.3) is 5.91 Å². The lowest BCUT2D eigenvalue weighted by Gasteiger charge is -2.30. The van der Waals surface area contributed by atoms with Crippen molar-refractivity contribution in [3.8, 4) is 5.75 Å². The summed E-state index contributed by atoms with van der Waals surface area (Å²) in [6.07, 6.45) is 5.13. The fourth-order valence-corrected chi connectivity index (χ4v) is 2.70. The number of fused-ring (bicyclic) bond motifs is 1. The summed E-state index contributed by atoms with van der Waals surface area (Å²) in [6, 6.07) is 3.45. The molecule has 0 unspecified atom stereocenters. The lowest BCUT2D eigenvalue weighted by molar-refractivity contribution is -0.133. The normalized spacial score (nSPS) is 13.3. The highest BCUT2D eigenvalue weighted by atomic mass is 16.5. The number of methoxy groups -OCH3 is 1. The molecule has 0 aromatic carbocycles. The van der Waals surface area contributed by atoms with E-state index in [9.17, 15) is 9.59 Å². The van der Waals surface area contributed by atoms with Crippen molar-refractivity contribution in [3.63, 3.8) is 0 Å². The van der Waals surface area contributed by atoms with Crippen molar-refractivity contribution in [2.24, 2.45) is 7.05 Å². The minimum Gasteiger partial charge on any atom is -0.480 e. The van der Waals surface area contributed by atoms with Crippen LogP contribution < -0.4 is 9.64 Å². The van der Waals surface area contributed by atoms with Gasteiger partial charge in [0.15, 0.2) is 18.2 Å². The molecule has 0 saturated carbocycles. The first-order chi connectivity index (χ1) is 12.6. The third-order valence-electron chi connectivity index (χ3n) is 4.00. The molecular weight excluding hydrogens is 338 g/mol. The minimum absolute atomic E-state index is 0.101. The third kappa shape index (κ3) is 3.99. The molecule has 0 spiro atoms. The standard InChI is InChI=1S/C17H21N5O4/c1-20-9-13(8-19-20)10-21(6-7-25-2)15(23)11-22-16(24)12-26-14-4-3-5-18-17(14)22/h3-5,8-9H,6-7,10-12H2,1-2H3. The summed E-state index contributed by atoms with van der Waals surface area (Å²) in [5.41, 5.74) is 0.906. The van der Waals surface area contributed by atoms with E-state index in [-0.39, 0.29) is 25.0 Å². The molecule has 0 bridgehead atoms. The Bertz CT molecular complexity index is 791. The van der Waals surface area contributed by atoms with Gasteiger partial charge in [0.1, 0.15) is 6.54 Å². The molecule has 2 aromatic rings. The lowest BCUT2D eigenvalue weighted by Crippen LogP contribution is -2.47. The van der Waals surface area contributed by atoms with Gasteiger partial charge in [-0.1, -0.05) is 0 Å². The summed E-state index contributed by atoms with van der Waals surface area (Å²) in [6.45, 7) is 1.00. The summed E-state index contributed by atoms with van der Waals surface area (Å²) in [5, 5.41) is 4.12. The Morgan fingerprint density at radius 2 is 2.31 bits per heavy atom. The van der Waals surface area contributed by atoms with Crippen LogP contribution in [0.3, 0.4) is 0 Å². The SMILES string of the molecule is COCCN(Cc1cnn(C)c1)C(=O)CN1C(=O)COc2cccnc21. The summed E-state index contributed by atoms with van der Waals surface area (Å²) in [4.78, 5) is 32.3. The molecule has 3 heterocycles. The van der Waals surface area contributed by atoms with Gasteiger partial charge in [0.05, 0.1) is 12.8 Å². The van der Waals surface area contributed by atoms with Crippen molar-refractivity contribution < 1.29 is 19.1 Å². The molecule has 1 aliphatic rings. The van der Waals surface area contributed by atoms with Gasteiger partial charge in [-0.15, -0.1) is 0 Å². The van der Waals surface area contributed by atoms with Crippen LogP contribution in [0.25, 0.3) is 0 Å². The number of anilines is 1. The van der Waals surface area contributed by atoms with E-state index in [1.165, 1.54) is 4.90 Å². The van der Waals surface area contributed by atoms with Crippen molar-refractivity contribution in [2.45, 2.75) is 6.54 Å². The Balaban J connectivity index is 1.75. The Morgan fingerprint density at radius 1 is 1.46 bits per heavy atom. The van der Waals surface area contributed by atoms with E-state index in [1.54, 1.807) is 41.2 Å². The molecule has 0 aliphatic carbocycles. The molecule has 3 rings (SSSR count). The number of ether oxygens (including phenoxy) is 2. The topological polar surface area (TPSA) is 89.8 Å². The van der Waals surface area contributed by atoms with Crippen LogP contribution in [-0.2, 0) is 27.9 Å². The van der Waals surface area contributed by atoms with Gasteiger partial charge in [-0.25, -0.2) is 4.98 Å². The van der Waals surface area contributed by atoms with E-state index in [4.69, 9.17) is 9.47 Å². The van der Waals surface area contributed by atoms with Gasteiger partial charge in [0.2, 0.25) is 5.91 Å². The Labute approximate surface area is 151 Å². The van der Waals surface area contributed by atoms with Crippen LogP contribution in [0.15, 0.2) is 30.7 Å². The van der Waals surface area contributed by atoms with E-state index in [1.807, 2.05) is 13.2 Å². The average molecular weight is 359 g/mol. The van der Waals surface area contributed by atoms with Crippen LogP contribution in [0.2, 0.25) is 0 Å². The number of hydrogen-bond donors (Lipinski definition) is 0. The van der Waals surface area contributed by atoms with E-state index >= 15 is 0 Å². The van der Waals surface area contributed by atoms with E-state index < -0.39 is 0 Å². The summed E-state index contributed by atoms with van der Waals surface area (Å²) in [5.74, 6) is 0.371.